The molecule has 128 valence electrons. The van der Waals surface area contributed by atoms with E-state index < -0.39 is 10.0 Å². The second kappa shape index (κ2) is 7.27. The first-order valence-corrected chi connectivity index (χ1v) is 9.59. The third-order valence-corrected chi connectivity index (χ3v) is 5.36. The summed E-state index contributed by atoms with van der Waals surface area (Å²) in [6, 6.07) is 0. The Kier molecular flexibility index (Phi) is 5.59. The van der Waals surface area contributed by atoms with Gasteiger partial charge in [-0.15, -0.1) is 6.58 Å². The van der Waals surface area contributed by atoms with Crippen LogP contribution in [-0.4, -0.2) is 48.6 Å². The molecule has 7 nitrogen and oxygen atoms in total. The van der Waals surface area contributed by atoms with E-state index in [2.05, 4.69) is 21.9 Å². The summed E-state index contributed by atoms with van der Waals surface area (Å²) in [5.41, 5.74) is 7.55. The van der Waals surface area contributed by atoms with Gasteiger partial charge in [0.1, 0.15) is 5.82 Å². The first-order valence-electron chi connectivity index (χ1n) is 7.74. The number of nitrogens with one attached hydrogen (secondary N) is 1. The predicted molar refractivity (Wildman–Crippen MR) is 92.7 cm³/mol. The molecule has 0 aromatic carbocycles. The molecule has 0 saturated carbocycles. The highest BCUT2D eigenvalue weighted by atomic mass is 32.2. The van der Waals surface area contributed by atoms with Crippen LogP contribution in [0.5, 0.6) is 0 Å². The molecule has 23 heavy (non-hydrogen) atoms. The van der Waals surface area contributed by atoms with Crippen LogP contribution in [0.15, 0.2) is 12.7 Å². The number of hydrogen-bond acceptors (Lipinski definition) is 6. The number of nitrogens with zero attached hydrogens (tertiary/aromatic N) is 3. The minimum absolute atomic E-state index is 0.235. The number of aromatic nitrogens is 2. The van der Waals surface area contributed by atoms with Gasteiger partial charge in [0.05, 0.1) is 6.26 Å². The zero-order valence-corrected chi connectivity index (χ0v) is 14.6. The van der Waals surface area contributed by atoms with E-state index >= 15 is 0 Å². The Hall–Kier alpha value is -1.67. The lowest BCUT2D eigenvalue weighted by Crippen LogP contribution is -2.41. The van der Waals surface area contributed by atoms with Crippen LogP contribution in [0, 0.1) is 12.8 Å². The summed E-state index contributed by atoms with van der Waals surface area (Å²) < 4.78 is 24.9. The molecular weight excluding hydrogens is 314 g/mol. The molecule has 0 amide bonds. The lowest BCUT2D eigenvalue weighted by molar-refractivity contribution is 0.276. The topological polar surface area (TPSA) is 101 Å². The SMILES string of the molecule is C=CCc1c(C)nc(N)nc1NC[C@@H]1CCCN(S(C)(=O)=O)C1. The summed E-state index contributed by atoms with van der Waals surface area (Å²) in [5, 5.41) is 3.32. The molecule has 0 radical (unpaired) electrons. The molecule has 0 unspecified atom stereocenters. The Labute approximate surface area is 138 Å². The number of nitrogens with two attached hydrogens (primary N) is 1. The van der Waals surface area contributed by atoms with Crippen LogP contribution in [-0.2, 0) is 16.4 Å². The molecule has 0 aliphatic carbocycles. The molecule has 2 rings (SSSR count). The monoisotopic (exact) mass is 339 g/mol. The highest BCUT2D eigenvalue weighted by Gasteiger charge is 2.26. The Morgan fingerprint density at radius 3 is 2.87 bits per heavy atom. The summed E-state index contributed by atoms with van der Waals surface area (Å²) in [5.74, 6) is 1.21. The smallest absolute Gasteiger partial charge is 0.222 e. The van der Waals surface area contributed by atoms with Gasteiger partial charge in [0, 0.05) is 30.9 Å². The molecule has 1 aliphatic heterocycles. The maximum atomic E-state index is 11.7. The summed E-state index contributed by atoms with van der Waals surface area (Å²) in [6.45, 7) is 7.47. The van der Waals surface area contributed by atoms with Crippen molar-refractivity contribution in [2.45, 2.75) is 26.2 Å². The molecule has 2 heterocycles. The normalized spacial score (nSPS) is 19.5. The number of anilines is 2. The van der Waals surface area contributed by atoms with E-state index in [1.165, 1.54) is 6.26 Å². The van der Waals surface area contributed by atoms with E-state index in [9.17, 15) is 8.42 Å². The lowest BCUT2D eigenvalue weighted by Gasteiger charge is -2.31. The Balaban J connectivity index is 2.07. The fourth-order valence-electron chi connectivity index (χ4n) is 2.89. The average molecular weight is 339 g/mol. The predicted octanol–water partition coefficient (Wildman–Crippen LogP) is 1.18. The van der Waals surface area contributed by atoms with Gasteiger partial charge in [-0.05, 0) is 32.1 Å². The highest BCUT2D eigenvalue weighted by molar-refractivity contribution is 7.88. The van der Waals surface area contributed by atoms with E-state index in [4.69, 9.17) is 5.73 Å². The van der Waals surface area contributed by atoms with Crippen LogP contribution in [0.4, 0.5) is 11.8 Å². The summed E-state index contributed by atoms with van der Waals surface area (Å²) in [6.07, 6.45) is 5.60. The van der Waals surface area contributed by atoms with Crippen molar-refractivity contribution in [1.29, 1.82) is 0 Å². The third kappa shape index (κ3) is 4.65. The van der Waals surface area contributed by atoms with Crippen molar-refractivity contribution in [2.75, 3.05) is 36.9 Å². The molecule has 1 fully saturated rings. The van der Waals surface area contributed by atoms with Crippen molar-refractivity contribution < 1.29 is 8.42 Å². The van der Waals surface area contributed by atoms with Crippen LogP contribution in [0.3, 0.4) is 0 Å². The van der Waals surface area contributed by atoms with Gasteiger partial charge in [0.25, 0.3) is 0 Å². The quantitative estimate of drug-likeness (QED) is 0.755. The lowest BCUT2D eigenvalue weighted by atomic mass is 9.99. The minimum Gasteiger partial charge on any atom is -0.369 e. The third-order valence-electron chi connectivity index (χ3n) is 4.09. The second-order valence-electron chi connectivity index (χ2n) is 6.00. The highest BCUT2D eigenvalue weighted by Crippen LogP contribution is 2.22. The molecule has 3 N–H and O–H groups in total. The van der Waals surface area contributed by atoms with E-state index in [1.54, 1.807) is 10.4 Å². The molecule has 1 saturated heterocycles. The number of nitrogen functional groups attached to an aromatic ring is 1. The molecular formula is C15H25N5O2S. The van der Waals surface area contributed by atoms with Gasteiger partial charge < -0.3 is 11.1 Å². The van der Waals surface area contributed by atoms with E-state index in [-0.39, 0.29) is 11.9 Å². The molecule has 0 bridgehead atoms. The average Bonchev–Trinajstić information content (AvgIpc) is 2.47. The van der Waals surface area contributed by atoms with Crippen LogP contribution in [0.25, 0.3) is 0 Å². The number of sulfonamides is 1. The Morgan fingerprint density at radius 2 is 2.22 bits per heavy atom. The number of hydrogen-bond donors (Lipinski definition) is 2. The minimum atomic E-state index is -3.13. The van der Waals surface area contributed by atoms with Gasteiger partial charge in [0.15, 0.2) is 0 Å². The summed E-state index contributed by atoms with van der Waals surface area (Å²) >= 11 is 0. The maximum Gasteiger partial charge on any atom is 0.222 e. The van der Waals surface area contributed by atoms with Gasteiger partial charge in [-0.25, -0.2) is 17.7 Å². The van der Waals surface area contributed by atoms with E-state index in [1.807, 2.05) is 6.92 Å². The fourth-order valence-corrected chi connectivity index (χ4v) is 3.83. The van der Waals surface area contributed by atoms with Crippen molar-refractivity contribution in [3.05, 3.63) is 23.9 Å². The largest absolute Gasteiger partial charge is 0.369 e. The van der Waals surface area contributed by atoms with E-state index in [0.29, 0.717) is 31.9 Å². The number of aryl methyl sites for hydroxylation is 1. The van der Waals surface area contributed by atoms with Crippen LogP contribution < -0.4 is 11.1 Å². The first-order chi connectivity index (χ1) is 10.8. The van der Waals surface area contributed by atoms with Crippen molar-refractivity contribution >= 4 is 21.8 Å². The van der Waals surface area contributed by atoms with Crippen molar-refractivity contribution in [3.8, 4) is 0 Å². The molecule has 1 aliphatic rings. The fraction of sp³-hybridized carbons (Fsp3) is 0.600. The van der Waals surface area contributed by atoms with Crippen LogP contribution >= 0.6 is 0 Å². The number of rotatable bonds is 6. The maximum absolute atomic E-state index is 11.7. The Morgan fingerprint density at radius 1 is 1.48 bits per heavy atom. The standard InChI is InChI=1S/C15H25N5O2S/c1-4-6-13-11(2)18-15(16)19-14(13)17-9-12-7-5-8-20(10-12)23(3,21)22/h4,12H,1,5-10H2,2-3H3,(H3,16,17,18,19)/t12-/m0/s1. The summed E-state index contributed by atoms with van der Waals surface area (Å²) in [4.78, 5) is 8.46. The number of piperidine rings is 1. The van der Waals surface area contributed by atoms with Gasteiger partial charge in [0.2, 0.25) is 16.0 Å². The van der Waals surface area contributed by atoms with Crippen molar-refractivity contribution in [1.82, 2.24) is 14.3 Å². The zero-order chi connectivity index (χ0) is 17.0. The molecule has 1 aromatic rings. The van der Waals surface area contributed by atoms with Crippen molar-refractivity contribution in [3.63, 3.8) is 0 Å². The van der Waals surface area contributed by atoms with Gasteiger partial charge >= 0.3 is 0 Å². The summed E-state index contributed by atoms with van der Waals surface area (Å²) in [7, 11) is -3.13. The first kappa shape index (κ1) is 17.7. The van der Waals surface area contributed by atoms with Crippen molar-refractivity contribution in [2.24, 2.45) is 5.92 Å². The number of allylic oxidation sites excluding steroid dienone is 1. The van der Waals surface area contributed by atoms with Gasteiger partial charge in [-0.1, -0.05) is 6.08 Å². The molecule has 1 atom stereocenters. The molecule has 8 heteroatoms. The van der Waals surface area contributed by atoms with Gasteiger partial charge in [-0.2, -0.15) is 4.98 Å². The van der Waals surface area contributed by atoms with Crippen LogP contribution in [0.2, 0.25) is 0 Å². The zero-order valence-electron chi connectivity index (χ0n) is 13.7. The van der Waals surface area contributed by atoms with Crippen LogP contribution in [0.1, 0.15) is 24.1 Å². The molecule has 0 spiro atoms. The van der Waals surface area contributed by atoms with E-state index in [0.717, 1.165) is 24.1 Å². The molecule has 1 aromatic heterocycles. The second-order valence-corrected chi connectivity index (χ2v) is 7.98. The van der Waals surface area contributed by atoms with Gasteiger partial charge in [-0.3, -0.25) is 0 Å². The Bertz CT molecular complexity index is 675.